The summed E-state index contributed by atoms with van der Waals surface area (Å²) in [6, 6.07) is 18.6. The molecule has 2 aromatic heterocycles. The number of piperidine rings is 3. The van der Waals surface area contributed by atoms with Gasteiger partial charge in [-0.3, -0.25) is 14.7 Å². The largest absolute Gasteiger partial charge is 0.493 e. The number of rotatable bonds is 14. The number of hydrogen-bond donors (Lipinski definition) is 1. The number of nitrogens with zero attached hydrogens (tertiary/aromatic N) is 2. The van der Waals surface area contributed by atoms with Crippen LogP contribution in [0.5, 0.6) is 11.5 Å². The lowest BCUT2D eigenvalue weighted by Gasteiger charge is -2.44. The van der Waals surface area contributed by atoms with Crippen LogP contribution < -0.4 is 14.8 Å². The Morgan fingerprint density at radius 1 is 0.959 bits per heavy atom. The highest BCUT2D eigenvalue weighted by atomic mass is 35.5. The number of esters is 2. The number of fused-ring (bicyclic) bond motifs is 3. The molecule has 7 rings (SSSR count). The Bertz CT molecular complexity index is 1730. The standard InChI is InChI=1S/C37H39Cl2N3O6S/c1-45-31-10-8-25(16-33(31)46-2)32(17-27-28(38)20-40-21-29(27)39)48-37(44)35-11-9-26(49-35)19-41-30(23-6-4-3-5-7-23)18-36(43)47-34-22-42-14-12-24(34)13-15-42/h3-11,16,20-21,24,30,32,34,41H,12-15,17-19,22H2,1-2H3/t30?,32-,34-/m0/s1. The number of thiophene rings is 1. The second-order valence-corrected chi connectivity index (χ2v) is 14.3. The van der Waals surface area contributed by atoms with Gasteiger partial charge in [0.2, 0.25) is 0 Å². The Balaban J connectivity index is 1.14. The summed E-state index contributed by atoms with van der Waals surface area (Å²) in [6.07, 6.45) is 4.84. The van der Waals surface area contributed by atoms with Crippen molar-refractivity contribution in [3.05, 3.63) is 110 Å². The van der Waals surface area contributed by atoms with Crippen molar-refractivity contribution in [3.63, 3.8) is 0 Å². The minimum atomic E-state index is -0.738. The number of carbonyl (C=O) groups is 2. The lowest BCUT2D eigenvalue weighted by Crippen LogP contribution is -2.52. The van der Waals surface area contributed by atoms with E-state index in [-0.39, 0.29) is 31.0 Å². The number of aromatic nitrogens is 1. The van der Waals surface area contributed by atoms with Crippen molar-refractivity contribution >= 4 is 46.5 Å². The molecular weight excluding hydrogens is 685 g/mol. The molecule has 3 atom stereocenters. The molecule has 5 heterocycles. The summed E-state index contributed by atoms with van der Waals surface area (Å²) in [4.78, 5) is 34.5. The van der Waals surface area contributed by atoms with E-state index in [4.69, 9.17) is 42.1 Å². The van der Waals surface area contributed by atoms with Gasteiger partial charge in [0.15, 0.2) is 11.5 Å². The third-order valence-electron chi connectivity index (χ3n) is 9.21. The fourth-order valence-corrected chi connectivity index (χ4v) is 7.87. The lowest BCUT2D eigenvalue weighted by molar-refractivity contribution is -0.159. The van der Waals surface area contributed by atoms with Gasteiger partial charge in [0.1, 0.15) is 17.1 Å². The lowest BCUT2D eigenvalue weighted by atomic mass is 9.86. The first kappa shape index (κ1) is 35.2. The van der Waals surface area contributed by atoms with Crippen molar-refractivity contribution in [1.82, 2.24) is 15.2 Å². The van der Waals surface area contributed by atoms with E-state index in [0.717, 1.165) is 42.9 Å². The molecule has 1 unspecified atom stereocenters. The van der Waals surface area contributed by atoms with Crippen molar-refractivity contribution in [2.45, 2.75) is 50.5 Å². The molecule has 3 fully saturated rings. The summed E-state index contributed by atoms with van der Waals surface area (Å²) in [5.41, 5.74) is 2.29. The molecular formula is C37H39Cl2N3O6S. The maximum absolute atomic E-state index is 13.6. The third kappa shape index (κ3) is 8.74. The maximum Gasteiger partial charge on any atom is 0.348 e. The van der Waals surface area contributed by atoms with Gasteiger partial charge in [0.05, 0.1) is 30.7 Å². The van der Waals surface area contributed by atoms with Gasteiger partial charge >= 0.3 is 11.9 Å². The average Bonchev–Trinajstić information content (AvgIpc) is 3.61. The number of hydrogen-bond acceptors (Lipinski definition) is 10. The van der Waals surface area contributed by atoms with Crippen molar-refractivity contribution in [3.8, 4) is 11.5 Å². The van der Waals surface area contributed by atoms with Crippen LogP contribution in [0.1, 0.15) is 62.6 Å². The molecule has 0 saturated carbocycles. The molecule has 3 aliphatic heterocycles. The molecule has 2 bridgehead atoms. The third-order valence-corrected chi connectivity index (χ3v) is 10.9. The zero-order chi connectivity index (χ0) is 34.3. The number of methoxy groups -OCH3 is 2. The average molecular weight is 725 g/mol. The molecule has 258 valence electrons. The first-order chi connectivity index (χ1) is 23.8. The van der Waals surface area contributed by atoms with Crippen molar-refractivity contribution in [1.29, 1.82) is 0 Å². The van der Waals surface area contributed by atoms with Crippen molar-refractivity contribution in [2.75, 3.05) is 33.9 Å². The fraction of sp³-hybridized carbons (Fsp3) is 0.378. The Morgan fingerprint density at radius 2 is 1.69 bits per heavy atom. The van der Waals surface area contributed by atoms with Crippen LogP contribution in [-0.2, 0) is 27.2 Å². The first-order valence-electron chi connectivity index (χ1n) is 16.3. The second kappa shape index (κ2) is 16.4. The highest BCUT2D eigenvalue weighted by molar-refractivity contribution is 7.13. The molecule has 0 spiro atoms. The highest BCUT2D eigenvalue weighted by Gasteiger charge is 2.36. The highest BCUT2D eigenvalue weighted by Crippen LogP contribution is 2.36. The maximum atomic E-state index is 13.6. The number of halogens is 2. The molecule has 3 saturated heterocycles. The molecule has 12 heteroatoms. The molecule has 2 aromatic carbocycles. The SMILES string of the molecule is COc1ccc([C@H](Cc2c(Cl)cncc2Cl)OC(=O)c2ccc(CNC(CC(=O)O[C@H]3CN4CCC3CC4)c3ccccc3)s2)cc1OC. The minimum Gasteiger partial charge on any atom is -0.493 e. The zero-order valence-corrected chi connectivity index (χ0v) is 29.7. The van der Waals surface area contributed by atoms with E-state index >= 15 is 0 Å². The Morgan fingerprint density at radius 3 is 2.37 bits per heavy atom. The zero-order valence-electron chi connectivity index (χ0n) is 27.4. The molecule has 3 aliphatic rings. The Kier molecular flexibility index (Phi) is 11.7. The molecule has 1 N–H and O–H groups in total. The van der Waals surface area contributed by atoms with Gasteiger partial charge in [0.25, 0.3) is 0 Å². The van der Waals surface area contributed by atoms with Gasteiger partial charge in [-0.1, -0.05) is 59.6 Å². The van der Waals surface area contributed by atoms with E-state index < -0.39 is 12.1 Å². The van der Waals surface area contributed by atoms with Crippen molar-refractivity contribution < 1.29 is 28.5 Å². The quantitative estimate of drug-likeness (QED) is 0.133. The molecule has 4 aromatic rings. The predicted octanol–water partition coefficient (Wildman–Crippen LogP) is 7.47. The van der Waals surface area contributed by atoms with Crippen LogP contribution in [0.15, 0.2) is 73.1 Å². The molecule has 9 nitrogen and oxygen atoms in total. The van der Waals surface area contributed by atoms with Crippen LogP contribution in [0.3, 0.4) is 0 Å². The van der Waals surface area contributed by atoms with E-state index in [1.54, 1.807) is 32.4 Å². The van der Waals surface area contributed by atoms with Gasteiger partial charge in [-0.05, 0) is 72.8 Å². The summed E-state index contributed by atoms with van der Waals surface area (Å²) in [5.74, 6) is 0.807. The van der Waals surface area contributed by atoms with Crippen molar-refractivity contribution in [2.24, 2.45) is 5.92 Å². The number of carbonyl (C=O) groups excluding carboxylic acids is 2. The Labute approximate surface area is 300 Å². The minimum absolute atomic E-state index is 0.0364. The molecule has 0 aliphatic carbocycles. The van der Waals surface area contributed by atoms with Crippen LogP contribution in [0, 0.1) is 5.92 Å². The smallest absolute Gasteiger partial charge is 0.348 e. The summed E-state index contributed by atoms with van der Waals surface area (Å²) >= 11 is 14.2. The number of pyridine rings is 1. The topological polar surface area (TPSA) is 99.2 Å². The summed E-state index contributed by atoms with van der Waals surface area (Å²) in [6.45, 7) is 3.45. The summed E-state index contributed by atoms with van der Waals surface area (Å²) < 4.78 is 23.0. The summed E-state index contributed by atoms with van der Waals surface area (Å²) in [7, 11) is 3.10. The normalized spacial score (nSPS) is 19.6. The van der Waals surface area contributed by atoms with Crippen LogP contribution >= 0.6 is 34.5 Å². The number of nitrogens with one attached hydrogen (secondary N) is 1. The van der Waals surface area contributed by atoms with Crippen LogP contribution in [0.4, 0.5) is 0 Å². The van der Waals surface area contributed by atoms with Gasteiger partial charge in [-0.25, -0.2) is 4.79 Å². The number of benzene rings is 2. The van der Waals surface area contributed by atoms with Crippen LogP contribution in [0.2, 0.25) is 10.0 Å². The van der Waals surface area contributed by atoms with Gasteiger partial charge in [-0.2, -0.15) is 0 Å². The fourth-order valence-electron chi connectivity index (χ4n) is 6.51. The first-order valence-corrected chi connectivity index (χ1v) is 17.9. The van der Waals surface area contributed by atoms with Crippen LogP contribution in [0.25, 0.3) is 0 Å². The van der Waals surface area contributed by atoms with E-state index in [1.165, 1.54) is 23.7 Å². The van der Waals surface area contributed by atoms with Gasteiger partial charge in [-0.15, -0.1) is 11.3 Å². The van der Waals surface area contributed by atoms with E-state index in [0.29, 0.717) is 50.0 Å². The molecule has 49 heavy (non-hydrogen) atoms. The molecule has 0 amide bonds. The Hall–Kier alpha value is -3.67. The monoisotopic (exact) mass is 723 g/mol. The van der Waals surface area contributed by atoms with E-state index in [2.05, 4.69) is 15.2 Å². The second-order valence-electron chi connectivity index (χ2n) is 12.3. The van der Waals surface area contributed by atoms with Gasteiger partial charge < -0.3 is 24.3 Å². The van der Waals surface area contributed by atoms with E-state index in [9.17, 15) is 9.59 Å². The summed E-state index contributed by atoms with van der Waals surface area (Å²) in [5, 5.41) is 4.28. The predicted molar refractivity (Wildman–Crippen MR) is 190 cm³/mol. The van der Waals surface area contributed by atoms with Crippen LogP contribution in [-0.4, -0.2) is 61.8 Å². The van der Waals surface area contributed by atoms with Gasteiger partial charge in [0, 0.05) is 42.8 Å². The molecule has 0 radical (unpaired) electrons. The number of ether oxygens (including phenoxy) is 4. The van der Waals surface area contributed by atoms with E-state index in [1.807, 2.05) is 42.5 Å².